The Morgan fingerprint density at radius 1 is 1.20 bits per heavy atom. The molecule has 0 N–H and O–H groups in total. The Morgan fingerprint density at radius 2 is 1.95 bits per heavy atom. The molecule has 0 spiro atoms. The number of aromatic nitrogens is 1. The fourth-order valence-corrected chi connectivity index (χ4v) is 2.51. The maximum absolute atomic E-state index is 12.4. The van der Waals surface area contributed by atoms with E-state index in [2.05, 4.69) is 4.98 Å². The van der Waals surface area contributed by atoms with Crippen LogP contribution in [-0.4, -0.2) is 4.98 Å². The summed E-state index contributed by atoms with van der Waals surface area (Å²) < 4.78 is 37.2. The van der Waals surface area contributed by atoms with Crippen molar-refractivity contribution in [3.63, 3.8) is 0 Å². The van der Waals surface area contributed by atoms with Crippen molar-refractivity contribution < 1.29 is 13.2 Å². The zero-order chi connectivity index (χ0) is 14.8. The quantitative estimate of drug-likeness (QED) is 0.800. The van der Waals surface area contributed by atoms with E-state index in [4.69, 9.17) is 16.9 Å². The Kier molecular flexibility index (Phi) is 4.21. The molecule has 0 fully saturated rings. The molecular formula is C13H6ClF3N2S. The highest BCUT2D eigenvalue weighted by atomic mass is 35.5. The van der Waals surface area contributed by atoms with Gasteiger partial charge in [-0.25, -0.2) is 4.98 Å². The number of benzene rings is 1. The third-order valence-corrected chi connectivity index (χ3v) is 3.59. The summed E-state index contributed by atoms with van der Waals surface area (Å²) in [4.78, 5) is 4.28. The summed E-state index contributed by atoms with van der Waals surface area (Å²) in [5.41, 5.74) is -0.422. The largest absolute Gasteiger partial charge is 0.417 e. The van der Waals surface area contributed by atoms with E-state index in [-0.39, 0.29) is 0 Å². The predicted octanol–water partition coefficient (Wildman–Crippen LogP) is 4.78. The van der Waals surface area contributed by atoms with Gasteiger partial charge in [-0.2, -0.15) is 18.4 Å². The monoisotopic (exact) mass is 314 g/mol. The molecule has 2 nitrogen and oxygen atoms in total. The van der Waals surface area contributed by atoms with Crippen molar-refractivity contribution in [2.24, 2.45) is 0 Å². The lowest BCUT2D eigenvalue weighted by Gasteiger charge is -2.07. The third kappa shape index (κ3) is 3.44. The molecule has 1 heterocycles. The minimum atomic E-state index is -4.41. The van der Waals surface area contributed by atoms with Crippen LogP contribution in [-0.2, 0) is 6.18 Å². The van der Waals surface area contributed by atoms with Crippen LogP contribution in [0.25, 0.3) is 0 Å². The van der Waals surface area contributed by atoms with Gasteiger partial charge in [-0.05, 0) is 30.3 Å². The molecule has 0 saturated carbocycles. The average Bonchev–Trinajstić information content (AvgIpc) is 2.38. The van der Waals surface area contributed by atoms with E-state index in [1.807, 2.05) is 6.07 Å². The molecule has 102 valence electrons. The summed E-state index contributed by atoms with van der Waals surface area (Å²) in [6, 6.07) is 8.90. The summed E-state index contributed by atoms with van der Waals surface area (Å²) in [5.74, 6) is 0. The van der Waals surface area contributed by atoms with Crippen LogP contribution in [0.1, 0.15) is 11.1 Å². The first-order valence-corrected chi connectivity index (χ1v) is 6.50. The van der Waals surface area contributed by atoms with Crippen molar-refractivity contribution in [1.29, 1.82) is 5.26 Å². The van der Waals surface area contributed by atoms with Crippen molar-refractivity contribution in [1.82, 2.24) is 4.98 Å². The normalized spacial score (nSPS) is 11.2. The van der Waals surface area contributed by atoms with Crippen molar-refractivity contribution >= 4 is 23.4 Å². The smallest absolute Gasteiger partial charge is 0.249 e. The van der Waals surface area contributed by atoms with E-state index in [1.165, 1.54) is 6.07 Å². The minimum Gasteiger partial charge on any atom is -0.249 e. The fourth-order valence-electron chi connectivity index (χ4n) is 1.39. The molecule has 0 aliphatic heterocycles. The highest BCUT2D eigenvalue weighted by molar-refractivity contribution is 7.99. The van der Waals surface area contributed by atoms with Gasteiger partial charge in [0.1, 0.15) is 11.1 Å². The summed E-state index contributed by atoms with van der Waals surface area (Å²) in [7, 11) is 0. The van der Waals surface area contributed by atoms with Gasteiger partial charge in [-0.15, -0.1) is 0 Å². The van der Waals surface area contributed by atoms with Crippen LogP contribution < -0.4 is 0 Å². The predicted molar refractivity (Wildman–Crippen MR) is 69.5 cm³/mol. The van der Waals surface area contributed by atoms with Gasteiger partial charge in [0.15, 0.2) is 0 Å². The SMILES string of the molecule is N#Cc1ccc(Cl)cc1Sc1ccc(C(F)(F)F)cn1. The lowest BCUT2D eigenvalue weighted by molar-refractivity contribution is -0.137. The second-order valence-electron chi connectivity index (χ2n) is 3.74. The maximum Gasteiger partial charge on any atom is 0.417 e. The Bertz CT molecular complexity index is 663. The van der Waals surface area contributed by atoms with Crippen molar-refractivity contribution in [3.8, 4) is 6.07 Å². The van der Waals surface area contributed by atoms with E-state index in [9.17, 15) is 13.2 Å². The molecule has 20 heavy (non-hydrogen) atoms. The standard InChI is InChI=1S/C13H6ClF3N2S/c14-10-3-1-8(6-18)11(5-10)20-12-4-2-9(7-19-12)13(15,16)17/h1-5,7H. The molecular weight excluding hydrogens is 309 g/mol. The number of hydrogen-bond acceptors (Lipinski definition) is 3. The van der Waals surface area contributed by atoms with Gasteiger partial charge in [0, 0.05) is 16.1 Å². The van der Waals surface area contributed by atoms with E-state index < -0.39 is 11.7 Å². The molecule has 0 unspecified atom stereocenters. The molecule has 0 aliphatic rings. The van der Waals surface area contributed by atoms with Crippen molar-refractivity contribution in [2.75, 3.05) is 0 Å². The minimum absolute atomic E-state index is 0.358. The van der Waals surface area contributed by atoms with Gasteiger partial charge in [0.2, 0.25) is 0 Å². The molecule has 0 aliphatic carbocycles. The summed E-state index contributed by atoms with van der Waals surface area (Å²) in [6.07, 6.45) is -3.65. The Labute approximate surface area is 122 Å². The first-order chi connectivity index (χ1) is 9.40. The van der Waals surface area contributed by atoms with Gasteiger partial charge >= 0.3 is 6.18 Å². The van der Waals surface area contributed by atoms with E-state index >= 15 is 0 Å². The zero-order valence-electron chi connectivity index (χ0n) is 9.78. The molecule has 1 aromatic heterocycles. The van der Waals surface area contributed by atoms with E-state index in [1.54, 1.807) is 18.2 Å². The average molecular weight is 315 g/mol. The number of rotatable bonds is 2. The zero-order valence-corrected chi connectivity index (χ0v) is 11.4. The van der Waals surface area contributed by atoms with Crippen LogP contribution in [0.2, 0.25) is 5.02 Å². The molecule has 1 aromatic carbocycles. The molecule has 0 bridgehead atoms. The molecule has 0 amide bonds. The van der Waals surface area contributed by atoms with Gasteiger partial charge in [0.05, 0.1) is 11.1 Å². The van der Waals surface area contributed by atoms with Gasteiger partial charge in [-0.1, -0.05) is 23.4 Å². The number of hydrogen-bond donors (Lipinski definition) is 0. The lowest BCUT2D eigenvalue weighted by atomic mass is 10.2. The molecule has 0 radical (unpaired) electrons. The summed E-state index contributed by atoms with van der Waals surface area (Å²) in [6.45, 7) is 0. The first kappa shape index (κ1) is 14.7. The highest BCUT2D eigenvalue weighted by Crippen LogP contribution is 2.33. The van der Waals surface area contributed by atoms with Crippen LogP contribution in [0.3, 0.4) is 0 Å². The van der Waals surface area contributed by atoms with Gasteiger partial charge in [0.25, 0.3) is 0 Å². The molecule has 2 aromatic rings. The van der Waals surface area contributed by atoms with E-state index in [0.717, 1.165) is 24.0 Å². The number of pyridine rings is 1. The fraction of sp³-hybridized carbons (Fsp3) is 0.0769. The third-order valence-electron chi connectivity index (χ3n) is 2.34. The Morgan fingerprint density at radius 3 is 2.50 bits per heavy atom. The van der Waals surface area contributed by atoms with Gasteiger partial charge < -0.3 is 0 Å². The summed E-state index contributed by atoms with van der Waals surface area (Å²) >= 11 is 6.92. The summed E-state index contributed by atoms with van der Waals surface area (Å²) in [5, 5.41) is 9.76. The van der Waals surface area contributed by atoms with Crippen LogP contribution in [0.4, 0.5) is 13.2 Å². The van der Waals surface area contributed by atoms with Crippen LogP contribution >= 0.6 is 23.4 Å². The highest BCUT2D eigenvalue weighted by Gasteiger charge is 2.30. The molecule has 7 heteroatoms. The molecule has 0 saturated heterocycles. The van der Waals surface area contributed by atoms with Gasteiger partial charge in [-0.3, -0.25) is 0 Å². The van der Waals surface area contributed by atoms with Crippen LogP contribution in [0.5, 0.6) is 0 Å². The first-order valence-electron chi connectivity index (χ1n) is 5.31. The van der Waals surface area contributed by atoms with E-state index in [0.29, 0.717) is 20.5 Å². The topological polar surface area (TPSA) is 36.7 Å². The number of alkyl halides is 3. The molecule has 0 atom stereocenters. The van der Waals surface area contributed by atoms with Crippen molar-refractivity contribution in [2.45, 2.75) is 16.1 Å². The van der Waals surface area contributed by atoms with Crippen molar-refractivity contribution in [3.05, 3.63) is 52.7 Å². The second kappa shape index (κ2) is 5.73. The lowest BCUT2D eigenvalue weighted by Crippen LogP contribution is -2.05. The Balaban J connectivity index is 2.27. The number of halogens is 4. The number of nitriles is 1. The van der Waals surface area contributed by atoms with Crippen LogP contribution in [0, 0.1) is 11.3 Å². The second-order valence-corrected chi connectivity index (χ2v) is 5.24. The number of nitrogens with zero attached hydrogens (tertiary/aromatic N) is 2. The maximum atomic E-state index is 12.4. The molecule has 2 rings (SSSR count). The van der Waals surface area contributed by atoms with Crippen LogP contribution in [0.15, 0.2) is 46.5 Å². The Hall–Kier alpha value is -1.71.